The van der Waals surface area contributed by atoms with Gasteiger partial charge in [-0.1, -0.05) is 64.1 Å². The molecule has 1 N–H and O–H groups in total. The van der Waals surface area contributed by atoms with Crippen molar-refractivity contribution < 1.29 is 9.53 Å². The van der Waals surface area contributed by atoms with Crippen molar-refractivity contribution in [2.45, 2.75) is 0 Å². The zero-order valence-corrected chi connectivity index (χ0v) is 14.6. The highest BCUT2D eigenvalue weighted by Crippen LogP contribution is 2.34. The minimum Gasteiger partial charge on any atom is -0.482 e. The van der Waals surface area contributed by atoms with E-state index in [2.05, 4.69) is 5.32 Å². The summed E-state index contributed by atoms with van der Waals surface area (Å²) >= 11 is 29.6. The molecule has 0 heterocycles. The number of anilines is 1. The summed E-state index contributed by atoms with van der Waals surface area (Å²) in [7, 11) is 0. The fourth-order valence-electron chi connectivity index (χ4n) is 1.55. The summed E-state index contributed by atoms with van der Waals surface area (Å²) < 4.78 is 5.31. The summed E-state index contributed by atoms with van der Waals surface area (Å²) in [4.78, 5) is 11.9. The molecule has 3 nitrogen and oxygen atoms in total. The lowest BCUT2D eigenvalue weighted by Crippen LogP contribution is -2.20. The summed E-state index contributed by atoms with van der Waals surface area (Å²) in [5, 5.41) is 4.04. The van der Waals surface area contributed by atoms with E-state index in [1.54, 1.807) is 18.2 Å². The van der Waals surface area contributed by atoms with E-state index >= 15 is 0 Å². The van der Waals surface area contributed by atoms with Gasteiger partial charge in [-0.3, -0.25) is 4.79 Å². The van der Waals surface area contributed by atoms with Gasteiger partial charge in [-0.05, 0) is 18.2 Å². The Bertz CT molecular complexity index is 700. The van der Waals surface area contributed by atoms with Gasteiger partial charge in [-0.15, -0.1) is 0 Å². The molecule has 0 radical (unpaired) electrons. The second-order valence-electron chi connectivity index (χ2n) is 4.13. The monoisotopic (exact) mass is 397 g/mol. The van der Waals surface area contributed by atoms with Crippen LogP contribution in [0.1, 0.15) is 0 Å². The van der Waals surface area contributed by atoms with Gasteiger partial charge in [0.1, 0.15) is 5.75 Å². The molecule has 0 aromatic heterocycles. The number of hydrogen-bond acceptors (Lipinski definition) is 2. The Morgan fingerprint density at radius 1 is 0.909 bits per heavy atom. The van der Waals surface area contributed by atoms with Crippen molar-refractivity contribution >= 4 is 69.6 Å². The molecule has 0 saturated heterocycles. The number of halogens is 5. The molecule has 0 aliphatic rings. The number of hydrogen-bond donors (Lipinski definition) is 1. The van der Waals surface area contributed by atoms with Crippen LogP contribution in [0.15, 0.2) is 30.3 Å². The quantitative estimate of drug-likeness (QED) is 0.643. The molecule has 1 amide bonds. The van der Waals surface area contributed by atoms with Gasteiger partial charge in [-0.25, -0.2) is 0 Å². The molecular formula is C14H8Cl5NO2. The first-order valence-electron chi connectivity index (χ1n) is 5.89. The molecule has 8 heteroatoms. The molecule has 0 spiro atoms. The Labute approximate surface area is 152 Å². The topological polar surface area (TPSA) is 38.3 Å². The van der Waals surface area contributed by atoms with Crippen LogP contribution in [-0.4, -0.2) is 12.5 Å². The van der Waals surface area contributed by atoms with Crippen LogP contribution < -0.4 is 10.1 Å². The second-order valence-corrected chi connectivity index (χ2v) is 6.17. The molecule has 0 aliphatic carbocycles. The van der Waals surface area contributed by atoms with E-state index in [0.29, 0.717) is 20.8 Å². The van der Waals surface area contributed by atoms with Crippen molar-refractivity contribution in [2.24, 2.45) is 0 Å². The molecule has 0 bridgehead atoms. The van der Waals surface area contributed by atoms with E-state index in [-0.39, 0.29) is 22.4 Å². The summed E-state index contributed by atoms with van der Waals surface area (Å²) in [5.41, 5.74) is 0.319. The van der Waals surface area contributed by atoms with E-state index in [1.807, 2.05) is 0 Å². The van der Waals surface area contributed by atoms with Gasteiger partial charge in [0.05, 0.1) is 30.8 Å². The van der Waals surface area contributed by atoms with E-state index in [4.69, 9.17) is 62.7 Å². The first-order valence-corrected chi connectivity index (χ1v) is 7.78. The first-order chi connectivity index (χ1) is 10.4. The molecule has 2 aromatic rings. The highest BCUT2D eigenvalue weighted by Gasteiger charge is 2.12. The SMILES string of the molecule is O=C(COc1cc(Cl)c(Cl)cc1Cl)Nc1c(Cl)cccc1Cl. The number of para-hydroxylation sites is 1. The van der Waals surface area contributed by atoms with Gasteiger partial charge in [0, 0.05) is 6.07 Å². The molecule has 0 aliphatic heterocycles. The van der Waals surface area contributed by atoms with Crippen LogP contribution >= 0.6 is 58.0 Å². The third-order valence-electron chi connectivity index (χ3n) is 2.56. The van der Waals surface area contributed by atoms with Gasteiger partial charge in [0.2, 0.25) is 0 Å². The van der Waals surface area contributed by atoms with Crippen LogP contribution in [0.5, 0.6) is 5.75 Å². The van der Waals surface area contributed by atoms with Crippen LogP contribution in [0, 0.1) is 0 Å². The number of rotatable bonds is 4. The second kappa shape index (κ2) is 7.62. The highest BCUT2D eigenvalue weighted by molar-refractivity contribution is 6.43. The van der Waals surface area contributed by atoms with E-state index in [1.165, 1.54) is 12.1 Å². The fourth-order valence-corrected chi connectivity index (χ4v) is 2.63. The molecule has 0 atom stereocenters. The molecule has 2 aromatic carbocycles. The first kappa shape index (κ1) is 17.5. The lowest BCUT2D eigenvalue weighted by Gasteiger charge is -2.11. The Morgan fingerprint density at radius 2 is 1.50 bits per heavy atom. The number of carbonyl (C=O) groups excluding carboxylic acids is 1. The highest BCUT2D eigenvalue weighted by atomic mass is 35.5. The van der Waals surface area contributed by atoms with Crippen LogP contribution in [0.3, 0.4) is 0 Å². The Morgan fingerprint density at radius 3 is 2.14 bits per heavy atom. The number of ether oxygens (including phenoxy) is 1. The van der Waals surface area contributed by atoms with Crippen molar-refractivity contribution in [3.8, 4) is 5.75 Å². The third-order valence-corrected chi connectivity index (χ3v) is 4.21. The van der Waals surface area contributed by atoms with Crippen LogP contribution in [0.25, 0.3) is 0 Å². The molecular weight excluding hydrogens is 391 g/mol. The lowest BCUT2D eigenvalue weighted by atomic mass is 10.3. The summed E-state index contributed by atoms with van der Waals surface area (Å²) in [6.07, 6.45) is 0. The molecule has 22 heavy (non-hydrogen) atoms. The minimum atomic E-state index is -0.447. The standard InChI is InChI=1S/C14H8Cl5NO2/c15-7-2-1-3-8(16)14(7)20-13(21)6-22-12-5-10(18)9(17)4-11(12)19/h1-5H,6H2,(H,20,21). The number of amides is 1. The lowest BCUT2D eigenvalue weighted by molar-refractivity contribution is -0.118. The molecule has 2 rings (SSSR count). The fraction of sp³-hybridized carbons (Fsp3) is 0.0714. The van der Waals surface area contributed by atoms with E-state index in [0.717, 1.165) is 0 Å². The predicted molar refractivity (Wildman–Crippen MR) is 92.1 cm³/mol. The maximum atomic E-state index is 11.9. The van der Waals surface area contributed by atoms with Crippen molar-refractivity contribution in [1.29, 1.82) is 0 Å². The molecule has 0 saturated carbocycles. The third kappa shape index (κ3) is 4.34. The van der Waals surface area contributed by atoms with Gasteiger partial charge in [0.15, 0.2) is 6.61 Å². The van der Waals surface area contributed by atoms with Crippen molar-refractivity contribution in [3.63, 3.8) is 0 Å². The summed E-state index contributed by atoms with van der Waals surface area (Å²) in [5.74, 6) is -0.200. The maximum absolute atomic E-state index is 11.9. The van der Waals surface area contributed by atoms with Crippen LogP contribution in [0.2, 0.25) is 25.1 Å². The Balaban J connectivity index is 2.03. The van der Waals surface area contributed by atoms with Crippen molar-refractivity contribution in [2.75, 3.05) is 11.9 Å². The van der Waals surface area contributed by atoms with Gasteiger partial charge in [0.25, 0.3) is 5.91 Å². The van der Waals surface area contributed by atoms with Crippen LogP contribution in [-0.2, 0) is 4.79 Å². The summed E-state index contributed by atoms with van der Waals surface area (Å²) in [6.45, 7) is -0.292. The Hall–Kier alpha value is -0.840. The van der Waals surface area contributed by atoms with Gasteiger partial charge >= 0.3 is 0 Å². The Kier molecular flexibility index (Phi) is 6.07. The number of benzene rings is 2. The van der Waals surface area contributed by atoms with Crippen molar-refractivity contribution in [1.82, 2.24) is 0 Å². The number of carbonyl (C=O) groups is 1. The van der Waals surface area contributed by atoms with Crippen LogP contribution in [0.4, 0.5) is 5.69 Å². The molecule has 0 unspecified atom stereocenters. The van der Waals surface area contributed by atoms with Gasteiger partial charge in [-0.2, -0.15) is 0 Å². The maximum Gasteiger partial charge on any atom is 0.262 e. The van der Waals surface area contributed by atoms with Crippen molar-refractivity contribution in [3.05, 3.63) is 55.4 Å². The average molecular weight is 399 g/mol. The molecule has 116 valence electrons. The normalized spacial score (nSPS) is 10.4. The van der Waals surface area contributed by atoms with E-state index in [9.17, 15) is 4.79 Å². The predicted octanol–water partition coefficient (Wildman–Crippen LogP) is 5.97. The largest absolute Gasteiger partial charge is 0.482 e. The number of nitrogens with one attached hydrogen (secondary N) is 1. The van der Waals surface area contributed by atoms with Gasteiger partial charge < -0.3 is 10.1 Å². The van der Waals surface area contributed by atoms with E-state index < -0.39 is 5.91 Å². The smallest absolute Gasteiger partial charge is 0.262 e. The minimum absolute atomic E-state index is 0.247. The summed E-state index contributed by atoms with van der Waals surface area (Å²) in [6, 6.07) is 7.76. The molecule has 0 fully saturated rings. The zero-order valence-electron chi connectivity index (χ0n) is 10.8. The zero-order chi connectivity index (χ0) is 16.3. The average Bonchev–Trinajstić information content (AvgIpc) is 2.45.